The summed E-state index contributed by atoms with van der Waals surface area (Å²) in [5.74, 6) is -0.101. The summed E-state index contributed by atoms with van der Waals surface area (Å²) in [7, 11) is 0. The van der Waals surface area contributed by atoms with Gasteiger partial charge in [0.1, 0.15) is 15.6 Å². The molecule has 3 heterocycles. The van der Waals surface area contributed by atoms with Gasteiger partial charge in [-0.05, 0) is 43.5 Å². The van der Waals surface area contributed by atoms with E-state index in [0.29, 0.717) is 11.4 Å². The first-order valence-electron chi connectivity index (χ1n) is 11.0. The molecule has 0 saturated heterocycles. The molecular weight excluding hydrogens is 430 g/mol. The van der Waals surface area contributed by atoms with Crippen LogP contribution in [0.2, 0.25) is 0 Å². The quantitative estimate of drug-likeness (QED) is 0.351. The number of fused-ring (bicyclic) bond motifs is 1. The number of aromatic amines is 1. The Morgan fingerprint density at radius 2 is 1.91 bits per heavy atom. The Morgan fingerprint density at radius 3 is 2.76 bits per heavy atom. The molecule has 2 N–H and O–H groups in total. The fourth-order valence-corrected chi connectivity index (χ4v) is 4.81. The number of carbonyl (C=O) groups excluding carboxylic acids is 1. The van der Waals surface area contributed by atoms with Crippen LogP contribution in [0.25, 0.3) is 21.6 Å². The van der Waals surface area contributed by atoms with Gasteiger partial charge in [0, 0.05) is 36.4 Å². The molecule has 1 amide bonds. The molecule has 0 spiro atoms. The minimum atomic E-state index is -0.101. The van der Waals surface area contributed by atoms with Gasteiger partial charge in [0.2, 0.25) is 0 Å². The summed E-state index contributed by atoms with van der Waals surface area (Å²) in [4.78, 5) is 21.3. The molecule has 0 fully saturated rings. The number of rotatable bonds is 7. The van der Waals surface area contributed by atoms with Crippen LogP contribution in [-0.2, 0) is 19.5 Å². The molecule has 0 unspecified atom stereocenters. The van der Waals surface area contributed by atoms with Crippen LogP contribution < -0.4 is 5.32 Å². The molecule has 0 aliphatic rings. The average molecular weight is 456 g/mol. The number of aryl methyl sites for hydroxylation is 4. The minimum Gasteiger partial charge on any atom is -0.361 e. The second kappa shape index (κ2) is 9.03. The Morgan fingerprint density at radius 1 is 1.09 bits per heavy atom. The SMILES string of the molecule is Cc1ccc(CNC(=O)c2sc(-c3ccn(CCc4c[nH]c5ccccc45)n3)nc2C)cc1. The number of benzene rings is 2. The Bertz CT molecular complexity index is 1410. The van der Waals surface area contributed by atoms with Crippen molar-refractivity contribution in [2.24, 2.45) is 0 Å². The highest BCUT2D eigenvalue weighted by atomic mass is 32.1. The number of nitrogens with one attached hydrogen (secondary N) is 2. The summed E-state index contributed by atoms with van der Waals surface area (Å²) in [6.45, 7) is 5.19. The highest BCUT2D eigenvalue weighted by molar-refractivity contribution is 7.17. The van der Waals surface area contributed by atoms with E-state index in [9.17, 15) is 4.79 Å². The number of thiazole rings is 1. The van der Waals surface area contributed by atoms with E-state index < -0.39 is 0 Å². The van der Waals surface area contributed by atoms with Crippen molar-refractivity contribution in [3.8, 4) is 10.7 Å². The minimum absolute atomic E-state index is 0.101. The van der Waals surface area contributed by atoms with Crippen molar-refractivity contribution < 1.29 is 4.79 Å². The summed E-state index contributed by atoms with van der Waals surface area (Å²) in [5, 5.41) is 9.71. The molecule has 0 saturated carbocycles. The van der Waals surface area contributed by atoms with E-state index in [1.165, 1.54) is 27.8 Å². The largest absolute Gasteiger partial charge is 0.361 e. The van der Waals surface area contributed by atoms with Gasteiger partial charge in [-0.3, -0.25) is 9.48 Å². The second-order valence-electron chi connectivity index (χ2n) is 8.18. The molecule has 5 rings (SSSR count). The molecule has 0 aliphatic heterocycles. The van der Waals surface area contributed by atoms with Crippen molar-refractivity contribution in [2.45, 2.75) is 33.4 Å². The number of hydrogen-bond donors (Lipinski definition) is 2. The third-order valence-corrected chi connectivity index (χ3v) is 6.90. The highest BCUT2D eigenvalue weighted by Gasteiger charge is 2.17. The Labute approximate surface area is 196 Å². The summed E-state index contributed by atoms with van der Waals surface area (Å²) < 4.78 is 1.94. The van der Waals surface area contributed by atoms with Crippen LogP contribution in [-0.4, -0.2) is 25.7 Å². The van der Waals surface area contributed by atoms with Gasteiger partial charge >= 0.3 is 0 Å². The van der Waals surface area contributed by atoms with Crippen molar-refractivity contribution in [2.75, 3.05) is 0 Å². The predicted octanol–water partition coefficient (Wildman–Crippen LogP) is 5.28. The van der Waals surface area contributed by atoms with E-state index in [2.05, 4.69) is 39.7 Å². The zero-order valence-electron chi connectivity index (χ0n) is 18.6. The second-order valence-corrected chi connectivity index (χ2v) is 9.17. The van der Waals surface area contributed by atoms with Crippen molar-refractivity contribution in [3.63, 3.8) is 0 Å². The lowest BCUT2D eigenvalue weighted by Gasteiger charge is -2.04. The van der Waals surface area contributed by atoms with E-state index in [-0.39, 0.29) is 5.91 Å². The fourth-order valence-electron chi connectivity index (χ4n) is 3.86. The van der Waals surface area contributed by atoms with Crippen LogP contribution in [0.5, 0.6) is 0 Å². The van der Waals surface area contributed by atoms with Crippen LogP contribution >= 0.6 is 11.3 Å². The van der Waals surface area contributed by atoms with Crippen LogP contribution in [0.15, 0.2) is 67.0 Å². The van der Waals surface area contributed by atoms with E-state index in [0.717, 1.165) is 40.4 Å². The molecule has 0 bridgehead atoms. The van der Waals surface area contributed by atoms with Crippen LogP contribution in [0, 0.1) is 13.8 Å². The summed E-state index contributed by atoms with van der Waals surface area (Å²) in [5.41, 5.74) is 6.23. The van der Waals surface area contributed by atoms with Crippen molar-refractivity contribution in [1.29, 1.82) is 0 Å². The summed E-state index contributed by atoms with van der Waals surface area (Å²) in [6, 6.07) is 18.4. The number of para-hydroxylation sites is 1. The molecule has 0 atom stereocenters. The standard InChI is InChI=1S/C26H25N5OS/c1-17-7-9-19(10-8-17)15-28-25(32)24-18(2)29-26(33-24)23-12-14-31(30-23)13-11-20-16-27-22-6-4-3-5-21(20)22/h3-10,12,14,16,27H,11,13,15H2,1-2H3,(H,28,32). The number of carbonyl (C=O) groups is 1. The van der Waals surface area contributed by atoms with Crippen LogP contribution in [0.3, 0.4) is 0 Å². The summed E-state index contributed by atoms with van der Waals surface area (Å²) in [6.07, 6.45) is 4.92. The molecular formula is C26H25N5OS. The fraction of sp³-hybridized carbons (Fsp3) is 0.192. The molecule has 5 aromatic rings. The first kappa shape index (κ1) is 21.2. The molecule has 0 aliphatic carbocycles. The Balaban J connectivity index is 1.24. The van der Waals surface area contributed by atoms with Crippen LogP contribution in [0.4, 0.5) is 0 Å². The third-order valence-electron chi connectivity index (χ3n) is 5.72. The highest BCUT2D eigenvalue weighted by Crippen LogP contribution is 2.27. The average Bonchev–Trinajstić information content (AvgIpc) is 3.55. The number of hydrogen-bond acceptors (Lipinski definition) is 4. The van der Waals surface area contributed by atoms with Gasteiger partial charge in [0.15, 0.2) is 0 Å². The van der Waals surface area contributed by atoms with Crippen molar-refractivity contribution in [3.05, 3.63) is 94.3 Å². The lowest BCUT2D eigenvalue weighted by atomic mass is 10.1. The first-order valence-corrected chi connectivity index (χ1v) is 11.8. The Hall–Kier alpha value is -3.71. The van der Waals surface area contributed by atoms with Gasteiger partial charge in [-0.25, -0.2) is 4.98 Å². The molecule has 3 aromatic heterocycles. The molecule has 6 nitrogen and oxygen atoms in total. The zero-order valence-corrected chi connectivity index (χ0v) is 19.4. The zero-order chi connectivity index (χ0) is 22.8. The van der Waals surface area contributed by atoms with Crippen LogP contribution in [0.1, 0.15) is 32.1 Å². The number of aromatic nitrogens is 4. The van der Waals surface area contributed by atoms with Crippen molar-refractivity contribution >= 4 is 28.1 Å². The molecule has 2 aromatic carbocycles. The van der Waals surface area contributed by atoms with Gasteiger partial charge in [0.25, 0.3) is 5.91 Å². The van der Waals surface area contributed by atoms with Gasteiger partial charge in [-0.2, -0.15) is 5.10 Å². The van der Waals surface area contributed by atoms with Gasteiger partial charge in [-0.1, -0.05) is 48.0 Å². The topological polar surface area (TPSA) is 75.6 Å². The molecule has 166 valence electrons. The third kappa shape index (κ3) is 4.59. The van der Waals surface area contributed by atoms with Gasteiger partial charge in [-0.15, -0.1) is 11.3 Å². The smallest absolute Gasteiger partial charge is 0.263 e. The van der Waals surface area contributed by atoms with Gasteiger partial charge < -0.3 is 10.3 Å². The Kier molecular flexibility index (Phi) is 5.79. The lowest BCUT2D eigenvalue weighted by molar-refractivity contribution is 0.0954. The molecule has 0 radical (unpaired) electrons. The predicted molar refractivity (Wildman–Crippen MR) is 132 cm³/mol. The first-order chi connectivity index (χ1) is 16.1. The summed E-state index contributed by atoms with van der Waals surface area (Å²) >= 11 is 1.39. The molecule has 33 heavy (non-hydrogen) atoms. The van der Waals surface area contributed by atoms with Gasteiger partial charge in [0.05, 0.1) is 5.69 Å². The maximum atomic E-state index is 12.7. The lowest BCUT2D eigenvalue weighted by Crippen LogP contribution is -2.22. The van der Waals surface area contributed by atoms with Crippen molar-refractivity contribution in [1.82, 2.24) is 25.1 Å². The van der Waals surface area contributed by atoms with E-state index >= 15 is 0 Å². The number of nitrogens with zero attached hydrogens (tertiary/aromatic N) is 3. The van der Waals surface area contributed by atoms with E-state index in [1.54, 1.807) is 0 Å². The number of H-pyrrole nitrogens is 1. The van der Waals surface area contributed by atoms with E-state index in [1.807, 2.05) is 61.1 Å². The van der Waals surface area contributed by atoms with E-state index in [4.69, 9.17) is 5.10 Å². The normalized spacial score (nSPS) is 11.2. The maximum absolute atomic E-state index is 12.7. The molecule has 7 heteroatoms. The monoisotopic (exact) mass is 455 g/mol. The maximum Gasteiger partial charge on any atom is 0.263 e. The number of amides is 1.